The lowest BCUT2D eigenvalue weighted by Gasteiger charge is -2.26. The van der Waals surface area contributed by atoms with E-state index in [1.165, 1.54) is 6.26 Å². The van der Waals surface area contributed by atoms with Crippen molar-refractivity contribution in [1.82, 2.24) is 9.80 Å². The van der Waals surface area contributed by atoms with E-state index in [4.69, 9.17) is 8.83 Å². The second-order valence-electron chi connectivity index (χ2n) is 7.26. The molecule has 1 amide bonds. The summed E-state index contributed by atoms with van der Waals surface area (Å²) in [5.41, 5.74) is 2.13. The van der Waals surface area contributed by atoms with Gasteiger partial charge in [0, 0.05) is 36.2 Å². The van der Waals surface area contributed by atoms with Crippen molar-refractivity contribution < 1.29 is 18.4 Å². The molecular formula is C22H22N2O4. The highest BCUT2D eigenvalue weighted by molar-refractivity contribution is 6.07. The lowest BCUT2D eigenvalue weighted by Crippen LogP contribution is -2.35. The highest BCUT2D eigenvalue weighted by Crippen LogP contribution is 2.25. The number of fused-ring (bicyclic) bond motifs is 1. The molecule has 144 valence electrons. The Morgan fingerprint density at radius 1 is 1.11 bits per heavy atom. The van der Waals surface area contributed by atoms with E-state index >= 15 is 0 Å². The van der Waals surface area contributed by atoms with Gasteiger partial charge in [-0.1, -0.05) is 12.1 Å². The van der Waals surface area contributed by atoms with Gasteiger partial charge in [-0.2, -0.15) is 0 Å². The van der Waals surface area contributed by atoms with Crippen LogP contribution in [0, 0.1) is 0 Å². The molecule has 1 aliphatic heterocycles. The second kappa shape index (κ2) is 7.48. The van der Waals surface area contributed by atoms with Crippen molar-refractivity contribution in [3.8, 4) is 0 Å². The normalized spacial score (nSPS) is 13.6. The summed E-state index contributed by atoms with van der Waals surface area (Å²) in [6.07, 6.45) is 2.18. The van der Waals surface area contributed by atoms with Gasteiger partial charge in [-0.25, -0.2) is 0 Å². The molecule has 6 heteroatoms. The molecule has 0 saturated carbocycles. The summed E-state index contributed by atoms with van der Waals surface area (Å²) in [5, 5.41) is 0. The minimum atomic E-state index is -0.196. The first-order chi connectivity index (χ1) is 13.5. The number of nitrogens with zero attached hydrogens (tertiary/aromatic N) is 2. The van der Waals surface area contributed by atoms with Gasteiger partial charge in [0.15, 0.2) is 5.76 Å². The molecule has 0 aliphatic carbocycles. The fourth-order valence-corrected chi connectivity index (χ4v) is 3.45. The average molecular weight is 378 g/mol. The number of ketones is 1. The van der Waals surface area contributed by atoms with Crippen LogP contribution in [0.15, 0.2) is 57.6 Å². The maximum atomic E-state index is 12.9. The van der Waals surface area contributed by atoms with Crippen molar-refractivity contribution in [2.45, 2.75) is 19.5 Å². The number of amides is 1. The molecule has 4 rings (SSSR count). The first-order valence-electron chi connectivity index (χ1n) is 9.24. The molecule has 0 radical (unpaired) electrons. The smallest absolute Gasteiger partial charge is 0.254 e. The van der Waals surface area contributed by atoms with Gasteiger partial charge >= 0.3 is 0 Å². The predicted octanol–water partition coefficient (Wildman–Crippen LogP) is 3.36. The topological polar surface area (TPSA) is 66.9 Å². The van der Waals surface area contributed by atoms with E-state index in [-0.39, 0.29) is 17.5 Å². The fraction of sp³-hybridized carbons (Fsp3) is 0.273. The van der Waals surface area contributed by atoms with Crippen LogP contribution in [0.1, 0.15) is 43.6 Å². The molecule has 3 aromatic rings. The van der Waals surface area contributed by atoms with E-state index in [0.29, 0.717) is 30.6 Å². The van der Waals surface area contributed by atoms with Crippen LogP contribution in [-0.2, 0) is 19.5 Å². The highest BCUT2D eigenvalue weighted by Gasteiger charge is 2.25. The predicted molar refractivity (Wildman–Crippen MR) is 103 cm³/mol. The van der Waals surface area contributed by atoms with Crippen LogP contribution < -0.4 is 0 Å². The Morgan fingerprint density at radius 3 is 2.54 bits per heavy atom. The Morgan fingerprint density at radius 2 is 1.86 bits per heavy atom. The van der Waals surface area contributed by atoms with Gasteiger partial charge < -0.3 is 18.6 Å². The largest absolute Gasteiger partial charge is 0.464 e. The summed E-state index contributed by atoms with van der Waals surface area (Å²) in [4.78, 5) is 29.1. The van der Waals surface area contributed by atoms with Gasteiger partial charge in [0.1, 0.15) is 11.5 Å². The first kappa shape index (κ1) is 18.3. The zero-order chi connectivity index (χ0) is 19.7. The van der Waals surface area contributed by atoms with Crippen molar-refractivity contribution in [3.05, 3.63) is 82.7 Å². The van der Waals surface area contributed by atoms with Gasteiger partial charge in [0.25, 0.3) is 5.91 Å². The average Bonchev–Trinajstić information content (AvgIpc) is 3.35. The van der Waals surface area contributed by atoms with Gasteiger partial charge in [-0.05, 0) is 44.4 Å². The molecule has 2 aromatic heterocycles. The third-order valence-electron chi connectivity index (χ3n) is 4.82. The van der Waals surface area contributed by atoms with Crippen LogP contribution in [0.4, 0.5) is 0 Å². The Balaban J connectivity index is 1.46. The van der Waals surface area contributed by atoms with Crippen molar-refractivity contribution in [2.75, 3.05) is 20.6 Å². The van der Waals surface area contributed by atoms with E-state index in [1.807, 2.05) is 25.1 Å². The Kier molecular flexibility index (Phi) is 4.88. The summed E-state index contributed by atoms with van der Waals surface area (Å²) in [6.45, 7) is 1.90. The SMILES string of the molecule is CN(C)Cc1cc2c(o1)CCN(C(=O)c1ccc(C(=O)c3ccco3)cc1)C2. The molecule has 0 atom stereocenters. The van der Waals surface area contributed by atoms with Gasteiger partial charge in [0.2, 0.25) is 5.78 Å². The zero-order valence-corrected chi connectivity index (χ0v) is 16.0. The fourth-order valence-electron chi connectivity index (χ4n) is 3.45. The third-order valence-corrected chi connectivity index (χ3v) is 4.82. The number of hydrogen-bond donors (Lipinski definition) is 0. The molecule has 0 unspecified atom stereocenters. The lowest BCUT2D eigenvalue weighted by atomic mass is 10.0. The van der Waals surface area contributed by atoms with Crippen LogP contribution >= 0.6 is 0 Å². The molecule has 0 bridgehead atoms. The molecule has 3 heterocycles. The summed E-state index contributed by atoms with van der Waals surface area (Å²) >= 11 is 0. The summed E-state index contributed by atoms with van der Waals surface area (Å²) in [7, 11) is 4.00. The van der Waals surface area contributed by atoms with Gasteiger partial charge in [-0.15, -0.1) is 0 Å². The molecule has 0 fully saturated rings. The number of carbonyl (C=O) groups excluding carboxylic acids is 2. The maximum absolute atomic E-state index is 12.9. The van der Waals surface area contributed by atoms with E-state index in [0.717, 1.165) is 23.6 Å². The summed E-state index contributed by atoms with van der Waals surface area (Å²) in [5.74, 6) is 1.94. The van der Waals surface area contributed by atoms with Crippen molar-refractivity contribution >= 4 is 11.7 Å². The number of hydrogen-bond acceptors (Lipinski definition) is 5. The first-order valence-corrected chi connectivity index (χ1v) is 9.24. The van der Waals surface area contributed by atoms with Gasteiger partial charge in [-0.3, -0.25) is 9.59 Å². The number of rotatable bonds is 5. The standard InChI is InChI=1S/C22H22N2O4/c1-23(2)14-18-12-17-13-24(10-9-19(17)28-18)22(26)16-7-5-15(6-8-16)21(25)20-4-3-11-27-20/h3-8,11-12H,9-10,13-14H2,1-2H3. The molecule has 28 heavy (non-hydrogen) atoms. The summed E-state index contributed by atoms with van der Waals surface area (Å²) in [6, 6.07) is 12.1. The van der Waals surface area contributed by atoms with Crippen LogP contribution in [-0.4, -0.2) is 42.1 Å². The molecule has 1 aliphatic rings. The Hall–Kier alpha value is -3.12. The molecule has 6 nitrogen and oxygen atoms in total. The van der Waals surface area contributed by atoms with Gasteiger partial charge in [0.05, 0.1) is 12.8 Å². The number of furan rings is 2. The molecular weight excluding hydrogens is 356 g/mol. The molecule has 1 aromatic carbocycles. The number of benzene rings is 1. The lowest BCUT2D eigenvalue weighted by molar-refractivity contribution is 0.0729. The maximum Gasteiger partial charge on any atom is 0.254 e. The van der Waals surface area contributed by atoms with E-state index < -0.39 is 0 Å². The molecule has 0 saturated heterocycles. The highest BCUT2D eigenvalue weighted by atomic mass is 16.3. The van der Waals surface area contributed by atoms with Crippen LogP contribution in [0.5, 0.6) is 0 Å². The summed E-state index contributed by atoms with van der Waals surface area (Å²) < 4.78 is 11.0. The van der Waals surface area contributed by atoms with Crippen LogP contribution in [0.3, 0.4) is 0 Å². The Labute approximate surface area is 163 Å². The number of carbonyl (C=O) groups is 2. The van der Waals surface area contributed by atoms with Crippen molar-refractivity contribution in [3.63, 3.8) is 0 Å². The van der Waals surface area contributed by atoms with E-state index in [1.54, 1.807) is 36.4 Å². The van der Waals surface area contributed by atoms with Crippen molar-refractivity contribution in [1.29, 1.82) is 0 Å². The minimum absolute atomic E-state index is 0.0435. The third kappa shape index (κ3) is 3.64. The molecule has 0 N–H and O–H groups in total. The van der Waals surface area contributed by atoms with E-state index in [9.17, 15) is 9.59 Å². The van der Waals surface area contributed by atoms with Crippen LogP contribution in [0.2, 0.25) is 0 Å². The monoisotopic (exact) mass is 378 g/mol. The molecule has 0 spiro atoms. The minimum Gasteiger partial charge on any atom is -0.464 e. The quantitative estimate of drug-likeness (QED) is 0.637. The van der Waals surface area contributed by atoms with E-state index in [2.05, 4.69) is 4.90 Å². The van der Waals surface area contributed by atoms with Crippen molar-refractivity contribution in [2.24, 2.45) is 0 Å². The van der Waals surface area contributed by atoms with Crippen LogP contribution in [0.25, 0.3) is 0 Å². The zero-order valence-electron chi connectivity index (χ0n) is 16.0. The second-order valence-corrected chi connectivity index (χ2v) is 7.26. The Bertz CT molecular complexity index is 984.